The third kappa shape index (κ3) is 4.18. The minimum Gasteiger partial charge on any atom is -0.504 e. The summed E-state index contributed by atoms with van der Waals surface area (Å²) in [6, 6.07) is 4.01. The Morgan fingerprint density at radius 1 is 1.42 bits per heavy atom. The summed E-state index contributed by atoms with van der Waals surface area (Å²) in [5, 5.41) is 14.4. The average Bonchev–Trinajstić information content (AvgIpc) is 3.15. The molecule has 4 rings (SSSR count). The molecule has 2 heterocycles. The second-order valence-corrected chi connectivity index (χ2v) is 8.50. The number of fused-ring (bicyclic) bond motifs is 3. The number of phenols is 1. The first-order valence-corrected chi connectivity index (χ1v) is 11.1. The number of hydrogen-bond donors (Lipinski definition) is 2. The molecule has 3 aromatic rings. The van der Waals surface area contributed by atoms with E-state index >= 15 is 0 Å². The number of hydrazone groups is 1. The molecule has 9 heteroatoms. The van der Waals surface area contributed by atoms with Gasteiger partial charge in [0.1, 0.15) is 10.9 Å². The van der Waals surface area contributed by atoms with Crippen molar-refractivity contribution in [1.82, 2.24) is 15.0 Å². The van der Waals surface area contributed by atoms with Gasteiger partial charge in [0.05, 0.1) is 24.5 Å². The van der Waals surface area contributed by atoms with E-state index in [2.05, 4.69) is 15.5 Å². The standard InChI is InChI=1S/C22H24N4O4S/c1-3-30-17-10-14(8-9-16(17)27)11-24-25-20(28)13(2)26-12-23-21-19(22(26)29)15-6-4-5-7-18(15)31-21/h8-13,27H,3-7H2,1-2H3,(H,25,28)/b24-11+/t13-/m1/s1. The quantitative estimate of drug-likeness (QED) is 0.452. The third-order valence-electron chi connectivity index (χ3n) is 5.37. The Morgan fingerprint density at radius 2 is 2.23 bits per heavy atom. The zero-order chi connectivity index (χ0) is 22.0. The number of amides is 1. The van der Waals surface area contributed by atoms with Crippen molar-refractivity contribution in [3.63, 3.8) is 0 Å². The topological polar surface area (TPSA) is 106 Å². The van der Waals surface area contributed by atoms with Gasteiger partial charge in [-0.2, -0.15) is 5.10 Å². The maximum Gasteiger partial charge on any atom is 0.263 e. The fraction of sp³-hybridized carbons (Fsp3) is 0.364. The molecule has 0 aliphatic heterocycles. The van der Waals surface area contributed by atoms with Gasteiger partial charge < -0.3 is 9.84 Å². The lowest BCUT2D eigenvalue weighted by Crippen LogP contribution is -2.34. The molecule has 0 spiro atoms. The van der Waals surface area contributed by atoms with Crippen LogP contribution in [0.3, 0.4) is 0 Å². The first-order valence-electron chi connectivity index (χ1n) is 10.3. The highest BCUT2D eigenvalue weighted by atomic mass is 32.1. The summed E-state index contributed by atoms with van der Waals surface area (Å²) in [4.78, 5) is 32.1. The number of nitrogens with zero attached hydrogens (tertiary/aromatic N) is 3. The van der Waals surface area contributed by atoms with Gasteiger partial charge in [0.2, 0.25) is 0 Å². The molecule has 2 aromatic heterocycles. The molecule has 0 radical (unpaired) electrons. The monoisotopic (exact) mass is 440 g/mol. The molecule has 0 saturated carbocycles. The van der Waals surface area contributed by atoms with Crippen LogP contribution < -0.4 is 15.7 Å². The minimum absolute atomic E-state index is 0.0366. The molecule has 1 amide bonds. The van der Waals surface area contributed by atoms with Gasteiger partial charge in [0.25, 0.3) is 11.5 Å². The summed E-state index contributed by atoms with van der Waals surface area (Å²) in [7, 11) is 0. The van der Waals surface area contributed by atoms with Crippen LogP contribution >= 0.6 is 11.3 Å². The summed E-state index contributed by atoms with van der Waals surface area (Å²) >= 11 is 1.58. The molecule has 162 valence electrons. The number of aryl methyl sites for hydroxylation is 2. The Bertz CT molecular complexity index is 1210. The summed E-state index contributed by atoms with van der Waals surface area (Å²) in [5.41, 5.74) is 4.04. The zero-order valence-corrected chi connectivity index (χ0v) is 18.2. The van der Waals surface area contributed by atoms with E-state index < -0.39 is 11.9 Å². The number of rotatable bonds is 6. The molecular formula is C22H24N4O4S. The smallest absolute Gasteiger partial charge is 0.263 e. The second kappa shape index (κ2) is 8.89. The predicted octanol–water partition coefficient (Wildman–Crippen LogP) is 3.15. The first kappa shape index (κ1) is 21.0. The van der Waals surface area contributed by atoms with Crippen LogP contribution in [0, 0.1) is 0 Å². The maximum atomic E-state index is 13.1. The first-order chi connectivity index (χ1) is 15.0. The largest absolute Gasteiger partial charge is 0.504 e. The van der Waals surface area contributed by atoms with Gasteiger partial charge in [-0.15, -0.1) is 11.3 Å². The van der Waals surface area contributed by atoms with Crippen LogP contribution in [0.15, 0.2) is 34.4 Å². The van der Waals surface area contributed by atoms with Crippen molar-refractivity contribution in [2.24, 2.45) is 5.10 Å². The number of phenolic OH excluding ortho intramolecular Hbond substituents is 1. The van der Waals surface area contributed by atoms with Crippen molar-refractivity contribution < 1.29 is 14.6 Å². The van der Waals surface area contributed by atoms with Gasteiger partial charge in [-0.3, -0.25) is 14.2 Å². The SMILES string of the molecule is CCOc1cc(/C=N/NC(=O)[C@@H](C)n2cnc3sc4c(c3c2=O)CCCC4)ccc1O. The maximum absolute atomic E-state index is 13.1. The Hall–Kier alpha value is -3.20. The molecule has 8 nitrogen and oxygen atoms in total. The molecule has 1 aromatic carbocycles. The van der Waals surface area contributed by atoms with Gasteiger partial charge in [-0.25, -0.2) is 10.4 Å². The normalized spacial score (nSPS) is 14.5. The number of ether oxygens (including phenoxy) is 1. The highest BCUT2D eigenvalue weighted by Crippen LogP contribution is 2.33. The lowest BCUT2D eigenvalue weighted by atomic mass is 9.97. The lowest BCUT2D eigenvalue weighted by molar-refractivity contribution is -0.123. The fourth-order valence-electron chi connectivity index (χ4n) is 3.71. The number of benzene rings is 1. The van der Waals surface area contributed by atoms with E-state index in [0.717, 1.165) is 36.1 Å². The molecule has 1 aliphatic carbocycles. The Balaban J connectivity index is 1.51. The second-order valence-electron chi connectivity index (χ2n) is 7.42. The molecule has 2 N–H and O–H groups in total. The number of carbonyl (C=O) groups is 1. The van der Waals surface area contributed by atoms with Gasteiger partial charge in [-0.1, -0.05) is 0 Å². The number of aromatic hydroxyl groups is 1. The summed E-state index contributed by atoms with van der Waals surface area (Å²) < 4.78 is 6.70. The van der Waals surface area contributed by atoms with E-state index in [1.54, 1.807) is 30.4 Å². The molecule has 1 atom stereocenters. The molecule has 1 aliphatic rings. The van der Waals surface area contributed by atoms with Crippen LogP contribution in [0.5, 0.6) is 11.5 Å². The van der Waals surface area contributed by atoms with Crippen molar-refractivity contribution in [2.75, 3.05) is 6.61 Å². The number of carbonyl (C=O) groups excluding carboxylic acids is 1. The lowest BCUT2D eigenvalue weighted by Gasteiger charge is -2.14. The molecule has 0 fully saturated rings. The molecule has 0 unspecified atom stereocenters. The number of nitrogens with one attached hydrogen (secondary N) is 1. The van der Waals surface area contributed by atoms with E-state index in [4.69, 9.17) is 4.74 Å². The highest BCUT2D eigenvalue weighted by Gasteiger charge is 2.23. The molecule has 0 bridgehead atoms. The van der Waals surface area contributed by atoms with Crippen molar-refractivity contribution in [1.29, 1.82) is 0 Å². The van der Waals surface area contributed by atoms with E-state index in [-0.39, 0.29) is 11.3 Å². The Labute approximate surface area is 183 Å². The van der Waals surface area contributed by atoms with Gasteiger partial charge in [0, 0.05) is 4.88 Å². The van der Waals surface area contributed by atoms with Crippen molar-refractivity contribution >= 4 is 33.7 Å². The molecule has 0 saturated heterocycles. The number of thiophene rings is 1. The van der Waals surface area contributed by atoms with E-state index in [0.29, 0.717) is 23.3 Å². The highest BCUT2D eigenvalue weighted by molar-refractivity contribution is 7.18. The average molecular weight is 441 g/mol. The number of hydrogen-bond acceptors (Lipinski definition) is 7. The van der Waals surface area contributed by atoms with E-state index in [1.165, 1.54) is 28.1 Å². The molecular weight excluding hydrogens is 416 g/mol. The fourth-order valence-corrected chi connectivity index (χ4v) is 4.93. The van der Waals surface area contributed by atoms with Crippen molar-refractivity contribution in [3.05, 3.63) is 50.9 Å². The van der Waals surface area contributed by atoms with Crippen molar-refractivity contribution in [3.8, 4) is 11.5 Å². The number of aromatic nitrogens is 2. The van der Waals surface area contributed by atoms with Crippen LogP contribution in [-0.2, 0) is 17.6 Å². The zero-order valence-electron chi connectivity index (χ0n) is 17.4. The van der Waals surface area contributed by atoms with Crippen LogP contribution in [0.1, 0.15) is 48.7 Å². The van der Waals surface area contributed by atoms with E-state index in [9.17, 15) is 14.7 Å². The van der Waals surface area contributed by atoms with Crippen LogP contribution in [0.4, 0.5) is 0 Å². The van der Waals surface area contributed by atoms with Crippen LogP contribution in [-0.4, -0.2) is 33.4 Å². The summed E-state index contributed by atoms with van der Waals surface area (Å²) in [5.74, 6) is -0.0434. The van der Waals surface area contributed by atoms with Crippen LogP contribution in [0.25, 0.3) is 10.2 Å². The molecule has 31 heavy (non-hydrogen) atoms. The summed E-state index contributed by atoms with van der Waals surface area (Å²) in [6.45, 7) is 3.89. The van der Waals surface area contributed by atoms with Crippen LogP contribution in [0.2, 0.25) is 0 Å². The Kier molecular flexibility index (Phi) is 6.03. The summed E-state index contributed by atoms with van der Waals surface area (Å²) in [6.07, 6.45) is 6.97. The van der Waals surface area contributed by atoms with Gasteiger partial charge in [-0.05, 0) is 68.9 Å². The van der Waals surface area contributed by atoms with E-state index in [1.807, 2.05) is 6.92 Å². The van der Waals surface area contributed by atoms with Crippen molar-refractivity contribution in [2.45, 2.75) is 45.6 Å². The predicted molar refractivity (Wildman–Crippen MR) is 120 cm³/mol. The van der Waals surface area contributed by atoms with Gasteiger partial charge >= 0.3 is 0 Å². The van der Waals surface area contributed by atoms with Gasteiger partial charge in [0.15, 0.2) is 11.5 Å². The third-order valence-corrected chi connectivity index (χ3v) is 6.57. The minimum atomic E-state index is -0.764. The Morgan fingerprint density at radius 3 is 3.03 bits per heavy atom.